The van der Waals surface area contributed by atoms with Crippen molar-refractivity contribution in [2.75, 3.05) is 46.3 Å². The summed E-state index contributed by atoms with van der Waals surface area (Å²) in [6.45, 7) is 5.05. The van der Waals surface area contributed by atoms with E-state index in [1.807, 2.05) is 6.92 Å². The van der Waals surface area contributed by atoms with Gasteiger partial charge in [-0.05, 0) is 46.2 Å². The second-order valence-electron chi connectivity index (χ2n) is 7.53. The Balaban J connectivity index is 0.00000364. The lowest BCUT2D eigenvalue weighted by Crippen LogP contribution is -2.45. The average Bonchev–Trinajstić information content (AvgIpc) is 3.21. The van der Waals surface area contributed by atoms with Crippen LogP contribution >= 0.6 is 24.0 Å². The number of likely N-dealkylation sites (tertiary alicyclic amines) is 1. The third-order valence-electron chi connectivity index (χ3n) is 5.16. The quantitative estimate of drug-likeness (QED) is 0.231. The van der Waals surface area contributed by atoms with Gasteiger partial charge in [0.15, 0.2) is 5.96 Å². The van der Waals surface area contributed by atoms with E-state index in [1.165, 1.54) is 37.6 Å². The number of nitrogens with zero attached hydrogens (tertiary/aromatic N) is 3. The first kappa shape index (κ1) is 24.7. The number of nitrogens with one attached hydrogen (secondary N) is 2. The summed E-state index contributed by atoms with van der Waals surface area (Å²) >= 11 is 0. The lowest BCUT2D eigenvalue weighted by Gasteiger charge is -2.24. The van der Waals surface area contributed by atoms with E-state index in [2.05, 4.69) is 20.5 Å². The molecular weight excluding hydrogens is 470 g/mol. The van der Waals surface area contributed by atoms with Crippen molar-refractivity contribution < 1.29 is 13.2 Å². The van der Waals surface area contributed by atoms with Crippen LogP contribution in [0.2, 0.25) is 0 Å². The molecule has 1 aliphatic carbocycles. The van der Waals surface area contributed by atoms with Gasteiger partial charge in [-0.25, -0.2) is 0 Å². The molecule has 2 N–H and O–H groups in total. The van der Waals surface area contributed by atoms with Gasteiger partial charge >= 0.3 is 6.18 Å². The molecule has 0 amide bonds. The third kappa shape index (κ3) is 9.65. The molecule has 1 aliphatic heterocycles. The molecule has 0 spiro atoms. The SMILES string of the molecule is CCNC(=NCCCN(C)CC(F)(F)F)NC1CCN(C2CCCC2)C1.I. The van der Waals surface area contributed by atoms with Crippen LogP contribution in [0.15, 0.2) is 4.99 Å². The Hall–Kier alpha value is -0.290. The first-order valence-corrected chi connectivity index (χ1v) is 9.91. The number of alkyl halides is 3. The van der Waals surface area contributed by atoms with E-state index in [9.17, 15) is 13.2 Å². The minimum Gasteiger partial charge on any atom is -0.357 e. The number of rotatable bonds is 8. The molecule has 0 aromatic rings. The van der Waals surface area contributed by atoms with Gasteiger partial charge in [-0.1, -0.05) is 12.8 Å². The lowest BCUT2D eigenvalue weighted by molar-refractivity contribution is -0.143. The molecule has 0 bridgehead atoms. The molecule has 1 heterocycles. The second kappa shape index (κ2) is 12.3. The highest BCUT2D eigenvalue weighted by Crippen LogP contribution is 2.26. The van der Waals surface area contributed by atoms with Crippen LogP contribution in [0.5, 0.6) is 0 Å². The van der Waals surface area contributed by atoms with Crippen molar-refractivity contribution in [3.8, 4) is 0 Å². The zero-order valence-corrected chi connectivity index (χ0v) is 18.9. The molecule has 1 saturated carbocycles. The normalized spacial score (nSPS) is 22.3. The summed E-state index contributed by atoms with van der Waals surface area (Å²) in [5, 5.41) is 6.75. The fourth-order valence-electron chi connectivity index (χ4n) is 3.94. The van der Waals surface area contributed by atoms with Gasteiger partial charge in [-0.3, -0.25) is 14.8 Å². The van der Waals surface area contributed by atoms with Crippen molar-refractivity contribution in [3.05, 3.63) is 0 Å². The van der Waals surface area contributed by atoms with Crippen LogP contribution in [0.25, 0.3) is 0 Å². The van der Waals surface area contributed by atoms with E-state index >= 15 is 0 Å². The van der Waals surface area contributed by atoms with E-state index in [1.54, 1.807) is 0 Å². The van der Waals surface area contributed by atoms with Gasteiger partial charge in [0.1, 0.15) is 0 Å². The van der Waals surface area contributed by atoms with Crippen LogP contribution in [-0.2, 0) is 0 Å². The fraction of sp³-hybridized carbons (Fsp3) is 0.944. The van der Waals surface area contributed by atoms with Crippen molar-refractivity contribution in [2.24, 2.45) is 4.99 Å². The number of hydrogen-bond acceptors (Lipinski definition) is 3. The first-order valence-electron chi connectivity index (χ1n) is 9.91. The molecule has 0 aromatic carbocycles. The monoisotopic (exact) mass is 505 g/mol. The maximum Gasteiger partial charge on any atom is 0.401 e. The van der Waals surface area contributed by atoms with Gasteiger partial charge < -0.3 is 10.6 Å². The van der Waals surface area contributed by atoms with Crippen molar-refractivity contribution in [3.63, 3.8) is 0 Å². The Labute approximate surface area is 178 Å². The molecule has 1 atom stereocenters. The smallest absolute Gasteiger partial charge is 0.357 e. The highest BCUT2D eigenvalue weighted by Gasteiger charge is 2.30. The van der Waals surface area contributed by atoms with E-state index in [0.717, 1.165) is 38.1 Å². The molecule has 2 aliphatic rings. The number of aliphatic imine (C=N–C) groups is 1. The van der Waals surface area contributed by atoms with E-state index in [0.29, 0.717) is 25.6 Å². The number of guanidine groups is 1. The summed E-state index contributed by atoms with van der Waals surface area (Å²) in [7, 11) is 1.50. The molecule has 9 heteroatoms. The Bertz CT molecular complexity index is 441. The topological polar surface area (TPSA) is 42.9 Å². The Morgan fingerprint density at radius 2 is 1.93 bits per heavy atom. The predicted molar refractivity (Wildman–Crippen MR) is 115 cm³/mol. The van der Waals surface area contributed by atoms with Crippen molar-refractivity contribution in [1.29, 1.82) is 0 Å². The number of halogens is 4. The Kier molecular flexibility index (Phi) is 11.3. The average molecular weight is 505 g/mol. The minimum atomic E-state index is -4.14. The van der Waals surface area contributed by atoms with Gasteiger partial charge in [0.2, 0.25) is 0 Å². The molecule has 1 saturated heterocycles. The predicted octanol–water partition coefficient (Wildman–Crippen LogP) is 3.06. The van der Waals surface area contributed by atoms with Crippen LogP contribution in [0.3, 0.4) is 0 Å². The third-order valence-corrected chi connectivity index (χ3v) is 5.16. The molecule has 27 heavy (non-hydrogen) atoms. The van der Waals surface area contributed by atoms with Crippen molar-refractivity contribution in [2.45, 2.75) is 63.7 Å². The minimum absolute atomic E-state index is 0. The highest BCUT2D eigenvalue weighted by atomic mass is 127. The largest absolute Gasteiger partial charge is 0.401 e. The Morgan fingerprint density at radius 3 is 2.56 bits per heavy atom. The van der Waals surface area contributed by atoms with E-state index < -0.39 is 12.7 Å². The molecular formula is C18H35F3IN5. The van der Waals surface area contributed by atoms with Gasteiger partial charge in [0, 0.05) is 38.3 Å². The fourth-order valence-corrected chi connectivity index (χ4v) is 3.94. The molecule has 5 nitrogen and oxygen atoms in total. The first-order chi connectivity index (χ1) is 12.4. The summed E-state index contributed by atoms with van der Waals surface area (Å²) in [5.74, 6) is 0.782. The van der Waals surface area contributed by atoms with Gasteiger partial charge in [0.05, 0.1) is 6.54 Å². The van der Waals surface area contributed by atoms with Crippen molar-refractivity contribution >= 4 is 29.9 Å². The molecule has 0 aromatic heterocycles. The summed E-state index contributed by atoms with van der Waals surface area (Å²) in [5.41, 5.74) is 0. The van der Waals surface area contributed by atoms with Crippen LogP contribution in [-0.4, -0.2) is 80.3 Å². The van der Waals surface area contributed by atoms with E-state index in [4.69, 9.17) is 0 Å². The molecule has 0 radical (unpaired) electrons. The summed E-state index contributed by atoms with van der Waals surface area (Å²) < 4.78 is 37.0. The Morgan fingerprint density at radius 1 is 1.22 bits per heavy atom. The number of hydrogen-bond donors (Lipinski definition) is 2. The molecule has 2 fully saturated rings. The van der Waals surface area contributed by atoms with Crippen LogP contribution in [0.1, 0.15) is 45.4 Å². The van der Waals surface area contributed by atoms with Crippen molar-refractivity contribution in [1.82, 2.24) is 20.4 Å². The molecule has 2 rings (SSSR count). The lowest BCUT2D eigenvalue weighted by atomic mass is 10.2. The van der Waals surface area contributed by atoms with Gasteiger partial charge in [0.25, 0.3) is 0 Å². The zero-order chi connectivity index (χ0) is 19.0. The van der Waals surface area contributed by atoms with Crippen LogP contribution in [0.4, 0.5) is 13.2 Å². The van der Waals surface area contributed by atoms with E-state index in [-0.39, 0.29) is 24.0 Å². The summed E-state index contributed by atoms with van der Waals surface area (Å²) in [6.07, 6.45) is 2.95. The molecule has 1 unspecified atom stereocenters. The van der Waals surface area contributed by atoms with Crippen LogP contribution < -0.4 is 10.6 Å². The van der Waals surface area contributed by atoms with Gasteiger partial charge in [-0.15, -0.1) is 24.0 Å². The summed E-state index contributed by atoms with van der Waals surface area (Å²) in [4.78, 5) is 8.43. The summed E-state index contributed by atoms with van der Waals surface area (Å²) in [6, 6.07) is 1.16. The maximum absolute atomic E-state index is 12.3. The highest BCUT2D eigenvalue weighted by molar-refractivity contribution is 14.0. The zero-order valence-electron chi connectivity index (χ0n) is 16.5. The molecule has 160 valence electrons. The standard InChI is InChI=1S/C18H34F3N5.HI/c1-3-22-17(23-10-6-11-25(2)14-18(19,20)21)24-15-9-12-26(13-15)16-7-4-5-8-16;/h15-16H,3-14H2,1-2H3,(H2,22,23,24);1H. The second-order valence-corrected chi connectivity index (χ2v) is 7.53. The van der Waals surface area contributed by atoms with Gasteiger partial charge in [-0.2, -0.15) is 13.2 Å². The van der Waals surface area contributed by atoms with Crippen LogP contribution in [0, 0.1) is 0 Å². The maximum atomic E-state index is 12.3.